The summed E-state index contributed by atoms with van der Waals surface area (Å²) in [5, 5.41) is 4.50. The Balaban J connectivity index is 2.71. The standard InChI is InChI=1S/C11H21N3S/c1-6-12-9(4)10-7-13-11(15-10)14(5)8(2)3/h7-9,12H,6H2,1-5H3. The molecule has 0 aliphatic rings. The van der Waals surface area contributed by atoms with Gasteiger partial charge in [0, 0.05) is 30.2 Å². The summed E-state index contributed by atoms with van der Waals surface area (Å²) in [7, 11) is 2.09. The molecule has 3 nitrogen and oxygen atoms in total. The summed E-state index contributed by atoms with van der Waals surface area (Å²) in [6, 6.07) is 0.903. The summed E-state index contributed by atoms with van der Waals surface area (Å²) in [5.41, 5.74) is 0. The van der Waals surface area contributed by atoms with Gasteiger partial charge in [-0.05, 0) is 27.3 Å². The molecule has 1 heterocycles. The van der Waals surface area contributed by atoms with Crippen LogP contribution in [0.15, 0.2) is 6.20 Å². The molecule has 0 aromatic carbocycles. The van der Waals surface area contributed by atoms with Crippen molar-refractivity contribution in [3.05, 3.63) is 11.1 Å². The molecule has 1 atom stereocenters. The van der Waals surface area contributed by atoms with E-state index in [2.05, 4.69) is 49.9 Å². The molecule has 0 radical (unpaired) electrons. The summed E-state index contributed by atoms with van der Waals surface area (Å²) in [6.45, 7) is 9.65. The highest BCUT2D eigenvalue weighted by Gasteiger charge is 2.12. The van der Waals surface area contributed by atoms with Crippen molar-refractivity contribution in [2.45, 2.75) is 39.8 Å². The van der Waals surface area contributed by atoms with E-state index in [0.717, 1.165) is 11.7 Å². The van der Waals surface area contributed by atoms with Crippen molar-refractivity contribution in [1.82, 2.24) is 10.3 Å². The van der Waals surface area contributed by atoms with Gasteiger partial charge in [-0.2, -0.15) is 0 Å². The fraction of sp³-hybridized carbons (Fsp3) is 0.727. The SMILES string of the molecule is CCNC(C)c1cnc(N(C)C(C)C)s1. The highest BCUT2D eigenvalue weighted by Crippen LogP contribution is 2.27. The molecule has 0 bridgehead atoms. The van der Waals surface area contributed by atoms with Crippen LogP contribution in [0.4, 0.5) is 5.13 Å². The predicted molar refractivity (Wildman–Crippen MR) is 67.7 cm³/mol. The fourth-order valence-corrected chi connectivity index (χ4v) is 2.30. The van der Waals surface area contributed by atoms with Gasteiger partial charge in [-0.25, -0.2) is 4.98 Å². The maximum absolute atomic E-state index is 4.45. The van der Waals surface area contributed by atoms with Crippen LogP contribution in [0.2, 0.25) is 0 Å². The van der Waals surface area contributed by atoms with E-state index in [1.807, 2.05) is 6.20 Å². The van der Waals surface area contributed by atoms with E-state index in [9.17, 15) is 0 Å². The molecule has 0 fully saturated rings. The smallest absolute Gasteiger partial charge is 0.185 e. The maximum Gasteiger partial charge on any atom is 0.185 e. The fourth-order valence-electron chi connectivity index (χ4n) is 1.27. The van der Waals surface area contributed by atoms with E-state index in [1.165, 1.54) is 4.88 Å². The Morgan fingerprint density at radius 2 is 2.13 bits per heavy atom. The molecule has 1 unspecified atom stereocenters. The van der Waals surface area contributed by atoms with E-state index in [1.54, 1.807) is 11.3 Å². The molecule has 0 saturated heterocycles. The zero-order valence-corrected chi connectivity index (χ0v) is 11.1. The van der Waals surface area contributed by atoms with Crippen molar-refractivity contribution in [3.8, 4) is 0 Å². The molecule has 4 heteroatoms. The summed E-state index contributed by atoms with van der Waals surface area (Å²) in [5.74, 6) is 0. The molecule has 0 aliphatic heterocycles. The first kappa shape index (κ1) is 12.5. The first-order valence-electron chi connectivity index (χ1n) is 5.48. The second-order valence-corrected chi connectivity index (χ2v) is 5.07. The van der Waals surface area contributed by atoms with Crippen molar-refractivity contribution in [2.75, 3.05) is 18.5 Å². The van der Waals surface area contributed by atoms with Crippen molar-refractivity contribution < 1.29 is 0 Å². The predicted octanol–water partition coefficient (Wildman–Crippen LogP) is 2.66. The van der Waals surface area contributed by atoms with Crippen LogP contribution in [0.25, 0.3) is 0 Å². The first-order valence-corrected chi connectivity index (χ1v) is 6.29. The third-order valence-electron chi connectivity index (χ3n) is 2.52. The minimum Gasteiger partial charge on any atom is -0.349 e. The van der Waals surface area contributed by atoms with Gasteiger partial charge in [0.05, 0.1) is 0 Å². The van der Waals surface area contributed by atoms with Crippen LogP contribution in [-0.4, -0.2) is 24.6 Å². The van der Waals surface area contributed by atoms with E-state index in [0.29, 0.717) is 12.1 Å². The lowest BCUT2D eigenvalue weighted by molar-refractivity contribution is 0.606. The number of hydrogen-bond acceptors (Lipinski definition) is 4. The Morgan fingerprint density at radius 1 is 1.47 bits per heavy atom. The number of anilines is 1. The van der Waals surface area contributed by atoms with Gasteiger partial charge >= 0.3 is 0 Å². The number of nitrogens with zero attached hydrogens (tertiary/aromatic N) is 2. The number of aromatic nitrogens is 1. The molecule has 1 aromatic heterocycles. The average Bonchev–Trinajstić information content (AvgIpc) is 2.65. The molecule has 0 aliphatic carbocycles. The van der Waals surface area contributed by atoms with Crippen LogP contribution >= 0.6 is 11.3 Å². The molecule has 1 aromatic rings. The summed E-state index contributed by atoms with van der Waals surface area (Å²) in [6.07, 6.45) is 1.98. The topological polar surface area (TPSA) is 28.2 Å². The molecule has 1 N–H and O–H groups in total. The Hall–Kier alpha value is -0.610. The van der Waals surface area contributed by atoms with Gasteiger partial charge in [-0.1, -0.05) is 6.92 Å². The Morgan fingerprint density at radius 3 is 2.67 bits per heavy atom. The van der Waals surface area contributed by atoms with Gasteiger partial charge in [-0.3, -0.25) is 0 Å². The van der Waals surface area contributed by atoms with E-state index >= 15 is 0 Å². The van der Waals surface area contributed by atoms with Crippen molar-refractivity contribution in [1.29, 1.82) is 0 Å². The number of hydrogen-bond donors (Lipinski definition) is 1. The van der Waals surface area contributed by atoms with Crippen LogP contribution < -0.4 is 10.2 Å². The second-order valence-electron chi connectivity index (χ2n) is 4.03. The summed E-state index contributed by atoms with van der Waals surface area (Å²) < 4.78 is 0. The zero-order valence-electron chi connectivity index (χ0n) is 10.2. The number of nitrogens with one attached hydrogen (secondary N) is 1. The van der Waals surface area contributed by atoms with Gasteiger partial charge in [0.2, 0.25) is 0 Å². The van der Waals surface area contributed by atoms with Gasteiger partial charge in [-0.15, -0.1) is 11.3 Å². The normalized spacial score (nSPS) is 13.2. The molecule has 86 valence electrons. The molecule has 0 amide bonds. The van der Waals surface area contributed by atoms with Crippen LogP contribution in [-0.2, 0) is 0 Å². The quantitative estimate of drug-likeness (QED) is 0.838. The van der Waals surface area contributed by atoms with Gasteiger partial charge in [0.1, 0.15) is 0 Å². The van der Waals surface area contributed by atoms with Crippen LogP contribution in [0.5, 0.6) is 0 Å². The highest BCUT2D eigenvalue weighted by atomic mass is 32.1. The number of rotatable bonds is 5. The average molecular weight is 227 g/mol. The van der Waals surface area contributed by atoms with Crippen molar-refractivity contribution >= 4 is 16.5 Å². The third kappa shape index (κ3) is 3.18. The Kier molecular flexibility index (Phi) is 4.54. The maximum atomic E-state index is 4.45. The molecule has 0 saturated carbocycles. The van der Waals surface area contributed by atoms with Crippen molar-refractivity contribution in [2.24, 2.45) is 0 Å². The minimum absolute atomic E-state index is 0.404. The Labute approximate surface area is 96.5 Å². The molecular formula is C11H21N3S. The lowest BCUT2D eigenvalue weighted by Crippen LogP contribution is -2.25. The first-order chi connectivity index (χ1) is 7.06. The zero-order chi connectivity index (χ0) is 11.4. The molecule has 0 spiro atoms. The van der Waals surface area contributed by atoms with Crippen molar-refractivity contribution in [3.63, 3.8) is 0 Å². The highest BCUT2D eigenvalue weighted by molar-refractivity contribution is 7.15. The molecule has 1 rings (SSSR count). The molecular weight excluding hydrogens is 206 g/mol. The van der Waals surface area contributed by atoms with E-state index < -0.39 is 0 Å². The third-order valence-corrected chi connectivity index (χ3v) is 3.80. The van der Waals surface area contributed by atoms with Crippen LogP contribution in [0.3, 0.4) is 0 Å². The summed E-state index contributed by atoms with van der Waals surface area (Å²) >= 11 is 1.77. The van der Waals surface area contributed by atoms with Gasteiger partial charge in [0.25, 0.3) is 0 Å². The monoisotopic (exact) mass is 227 g/mol. The largest absolute Gasteiger partial charge is 0.349 e. The Bertz CT molecular complexity index is 296. The van der Waals surface area contributed by atoms with Crippen LogP contribution in [0.1, 0.15) is 38.6 Å². The van der Waals surface area contributed by atoms with Crippen LogP contribution in [0, 0.1) is 0 Å². The minimum atomic E-state index is 0.404. The van der Waals surface area contributed by atoms with E-state index in [-0.39, 0.29) is 0 Å². The molecule has 15 heavy (non-hydrogen) atoms. The lowest BCUT2D eigenvalue weighted by Gasteiger charge is -2.20. The van der Waals surface area contributed by atoms with E-state index in [4.69, 9.17) is 0 Å². The number of thiazole rings is 1. The van der Waals surface area contributed by atoms with Gasteiger partial charge in [0.15, 0.2) is 5.13 Å². The lowest BCUT2D eigenvalue weighted by atomic mass is 10.3. The van der Waals surface area contributed by atoms with Gasteiger partial charge < -0.3 is 10.2 Å². The summed E-state index contributed by atoms with van der Waals surface area (Å²) in [4.78, 5) is 7.95. The second kappa shape index (κ2) is 5.47.